The van der Waals surface area contributed by atoms with E-state index in [0.717, 1.165) is 12.8 Å². The summed E-state index contributed by atoms with van der Waals surface area (Å²) >= 11 is 0. The van der Waals surface area contributed by atoms with Crippen LogP contribution in [0.2, 0.25) is 0 Å². The molecule has 1 aromatic carbocycles. The summed E-state index contributed by atoms with van der Waals surface area (Å²) in [5.74, 6) is -2.67. The van der Waals surface area contributed by atoms with Gasteiger partial charge in [0.15, 0.2) is 0 Å². The number of unbranched alkanes of at least 4 members (excludes halogenated alkanes) is 12. The summed E-state index contributed by atoms with van der Waals surface area (Å²) in [6.07, 6.45) is 22.8. The van der Waals surface area contributed by atoms with Gasteiger partial charge < -0.3 is 0 Å². The molecule has 2 unspecified atom stereocenters. The van der Waals surface area contributed by atoms with Gasteiger partial charge in [-0.1, -0.05) is 108 Å². The summed E-state index contributed by atoms with van der Waals surface area (Å²) in [6.45, 7) is 2.26. The Morgan fingerprint density at radius 2 is 1.38 bits per heavy atom. The van der Waals surface area contributed by atoms with Crippen molar-refractivity contribution in [3.8, 4) is 0 Å². The molecule has 2 atom stereocenters. The molecule has 1 radical (unpaired) electrons. The number of carbonyl (C=O) groups excluding carboxylic acids is 3. The molecule has 1 heterocycles. The molecule has 2 N–H and O–H groups in total. The molecule has 5 heteroatoms. The van der Waals surface area contributed by atoms with Crippen molar-refractivity contribution in [2.24, 2.45) is 5.92 Å². The van der Waals surface area contributed by atoms with Crippen LogP contribution in [0.25, 0.3) is 0 Å². The van der Waals surface area contributed by atoms with Crippen LogP contribution in [0, 0.1) is 5.92 Å². The van der Waals surface area contributed by atoms with E-state index in [1.165, 1.54) is 77.0 Å². The first-order valence-corrected chi connectivity index (χ1v) is 13.4. The Balaban J connectivity index is 1.61. The normalized spacial score (nSPS) is 18.0. The van der Waals surface area contributed by atoms with Crippen molar-refractivity contribution in [2.45, 2.75) is 109 Å². The SMILES string of the molecule is CCCCCCCCCCCCCCC=CCCC1C(=O)NC(=O)C1c1ccccc1C([NH])=O. The van der Waals surface area contributed by atoms with E-state index in [1.807, 2.05) is 0 Å². The van der Waals surface area contributed by atoms with Gasteiger partial charge in [0.05, 0.1) is 11.8 Å². The second-order valence-corrected chi connectivity index (χ2v) is 9.58. The average molecular weight is 468 g/mol. The molecule has 0 aromatic heterocycles. The molecule has 1 aliphatic rings. The van der Waals surface area contributed by atoms with Crippen molar-refractivity contribution >= 4 is 17.7 Å². The highest BCUT2D eigenvalue weighted by atomic mass is 16.2. The minimum atomic E-state index is -0.830. The van der Waals surface area contributed by atoms with E-state index in [1.54, 1.807) is 24.3 Å². The highest BCUT2D eigenvalue weighted by Gasteiger charge is 2.43. The molecule has 1 aromatic rings. The fraction of sp³-hybridized carbons (Fsp3) is 0.621. The van der Waals surface area contributed by atoms with Crippen molar-refractivity contribution in [3.05, 3.63) is 47.5 Å². The molecule has 3 amide bonds. The number of hydrogen-bond donors (Lipinski definition) is 1. The number of amides is 3. The van der Waals surface area contributed by atoms with Gasteiger partial charge in [0.2, 0.25) is 11.8 Å². The fourth-order valence-electron chi connectivity index (χ4n) is 4.87. The maximum absolute atomic E-state index is 12.4. The molecule has 0 saturated carbocycles. The van der Waals surface area contributed by atoms with E-state index >= 15 is 0 Å². The maximum Gasteiger partial charge on any atom is 0.269 e. The predicted molar refractivity (Wildman–Crippen MR) is 137 cm³/mol. The van der Waals surface area contributed by atoms with Crippen LogP contribution in [-0.2, 0) is 9.59 Å². The summed E-state index contributed by atoms with van der Waals surface area (Å²) in [4.78, 5) is 36.4. The van der Waals surface area contributed by atoms with E-state index in [2.05, 4.69) is 24.4 Å². The van der Waals surface area contributed by atoms with Gasteiger partial charge in [0, 0.05) is 5.56 Å². The van der Waals surface area contributed by atoms with Crippen molar-refractivity contribution in [2.75, 3.05) is 0 Å². The van der Waals surface area contributed by atoms with Crippen LogP contribution in [0.15, 0.2) is 36.4 Å². The van der Waals surface area contributed by atoms with Gasteiger partial charge in [-0.25, -0.2) is 0 Å². The number of rotatable bonds is 18. The van der Waals surface area contributed by atoms with Crippen molar-refractivity contribution in [3.63, 3.8) is 0 Å². The van der Waals surface area contributed by atoms with Crippen molar-refractivity contribution in [1.82, 2.24) is 11.1 Å². The Morgan fingerprint density at radius 3 is 2.00 bits per heavy atom. The Labute approximate surface area is 206 Å². The molecule has 0 spiro atoms. The monoisotopic (exact) mass is 467 g/mol. The van der Waals surface area contributed by atoms with Gasteiger partial charge in [-0.05, 0) is 37.3 Å². The third kappa shape index (κ3) is 9.44. The first-order chi connectivity index (χ1) is 16.6. The first kappa shape index (κ1) is 27.8. The molecule has 0 aliphatic carbocycles. The lowest BCUT2D eigenvalue weighted by Crippen LogP contribution is -2.22. The first-order valence-electron chi connectivity index (χ1n) is 13.4. The number of hydrogen-bond acceptors (Lipinski definition) is 3. The Morgan fingerprint density at radius 1 is 0.824 bits per heavy atom. The van der Waals surface area contributed by atoms with Gasteiger partial charge in [0.1, 0.15) is 0 Å². The number of allylic oxidation sites excluding steroid dienone is 2. The quantitative estimate of drug-likeness (QED) is 0.145. The minimum Gasteiger partial charge on any atom is -0.296 e. The zero-order chi connectivity index (χ0) is 24.6. The molecular weight excluding hydrogens is 424 g/mol. The van der Waals surface area contributed by atoms with Crippen LogP contribution in [0.3, 0.4) is 0 Å². The number of benzene rings is 1. The lowest BCUT2D eigenvalue weighted by molar-refractivity contribution is -0.125. The summed E-state index contributed by atoms with van der Waals surface area (Å²) < 4.78 is 0. The third-order valence-corrected chi connectivity index (χ3v) is 6.84. The second-order valence-electron chi connectivity index (χ2n) is 9.58. The van der Waals surface area contributed by atoms with Gasteiger partial charge in [-0.3, -0.25) is 25.4 Å². The van der Waals surface area contributed by atoms with E-state index in [-0.39, 0.29) is 17.4 Å². The highest BCUT2D eigenvalue weighted by molar-refractivity contribution is 6.09. The molecular formula is C29H43N2O3. The second kappa shape index (κ2) is 16.2. The number of nitrogens with one attached hydrogen (secondary N) is 2. The van der Waals surface area contributed by atoms with Gasteiger partial charge in [-0.15, -0.1) is 0 Å². The Bertz CT molecular complexity index is 802. The number of carbonyl (C=O) groups is 3. The minimum absolute atomic E-state index is 0.199. The standard InChI is InChI=1S/C29H43N2O3/c1-2-3-4-5-6-7-8-9-10-11-12-13-14-15-16-17-22-25-26(29(34)31-28(25)33)23-20-18-19-21-24(23)27(30)32/h15-16,18-21,25-26,30H,2-14,17,22H2,1H3,(H,31,33,34). The van der Waals surface area contributed by atoms with Crippen LogP contribution >= 0.6 is 0 Å². The van der Waals surface area contributed by atoms with Gasteiger partial charge in [0.25, 0.3) is 5.91 Å². The van der Waals surface area contributed by atoms with E-state index in [9.17, 15) is 14.4 Å². The smallest absolute Gasteiger partial charge is 0.269 e. The molecule has 34 heavy (non-hydrogen) atoms. The Hall–Kier alpha value is -2.43. The molecule has 1 saturated heterocycles. The summed E-state index contributed by atoms with van der Waals surface area (Å²) in [7, 11) is 0. The van der Waals surface area contributed by atoms with Crippen molar-refractivity contribution < 1.29 is 14.4 Å². The van der Waals surface area contributed by atoms with Crippen LogP contribution in [0.4, 0.5) is 0 Å². The van der Waals surface area contributed by atoms with E-state index < -0.39 is 17.7 Å². The lowest BCUT2D eigenvalue weighted by Gasteiger charge is -2.17. The topological polar surface area (TPSA) is 87.0 Å². The van der Waals surface area contributed by atoms with Crippen LogP contribution in [-0.4, -0.2) is 17.7 Å². The highest BCUT2D eigenvalue weighted by Crippen LogP contribution is 2.35. The van der Waals surface area contributed by atoms with Gasteiger partial charge in [-0.2, -0.15) is 0 Å². The van der Waals surface area contributed by atoms with E-state index in [4.69, 9.17) is 5.73 Å². The van der Waals surface area contributed by atoms with Crippen LogP contribution in [0.5, 0.6) is 0 Å². The zero-order valence-corrected chi connectivity index (χ0v) is 21.0. The lowest BCUT2D eigenvalue weighted by atomic mass is 9.82. The average Bonchev–Trinajstić information content (AvgIpc) is 3.11. The van der Waals surface area contributed by atoms with Gasteiger partial charge >= 0.3 is 0 Å². The molecule has 2 rings (SSSR count). The third-order valence-electron chi connectivity index (χ3n) is 6.84. The summed E-state index contributed by atoms with van der Waals surface area (Å²) in [5.41, 5.74) is 8.15. The van der Waals surface area contributed by atoms with E-state index in [0.29, 0.717) is 12.0 Å². The molecule has 5 nitrogen and oxygen atoms in total. The largest absolute Gasteiger partial charge is 0.296 e. The van der Waals surface area contributed by atoms with Crippen LogP contribution in [0.1, 0.15) is 125 Å². The maximum atomic E-state index is 12.4. The summed E-state index contributed by atoms with van der Waals surface area (Å²) in [5, 5.41) is 2.41. The molecule has 187 valence electrons. The number of imide groups is 1. The fourth-order valence-corrected chi connectivity index (χ4v) is 4.87. The molecule has 1 aliphatic heterocycles. The zero-order valence-electron chi connectivity index (χ0n) is 21.0. The Kier molecular flexibility index (Phi) is 13.3. The molecule has 1 fully saturated rings. The summed E-state index contributed by atoms with van der Waals surface area (Å²) in [6, 6.07) is 6.64. The predicted octanol–water partition coefficient (Wildman–Crippen LogP) is 6.89. The van der Waals surface area contributed by atoms with Crippen molar-refractivity contribution in [1.29, 1.82) is 0 Å². The van der Waals surface area contributed by atoms with Crippen LogP contribution < -0.4 is 11.1 Å². The molecule has 0 bridgehead atoms.